The zero-order chi connectivity index (χ0) is 10.9. The van der Waals surface area contributed by atoms with Crippen LogP contribution in [-0.2, 0) is 0 Å². The molecule has 78 valence electrons. The lowest BCUT2D eigenvalue weighted by atomic mass is 10.1. The number of rotatable bonds is 3. The zero-order valence-electron chi connectivity index (χ0n) is 5.68. The number of halogens is 8. The normalized spacial score (nSPS) is 15.3. The Morgan fingerprint density at radius 3 is 1.77 bits per heavy atom. The first-order chi connectivity index (χ1) is 5.67. The molecule has 0 heterocycles. The first kappa shape index (κ1) is 13.0. The molecule has 0 amide bonds. The third-order valence-electron chi connectivity index (χ3n) is 1.09. The molecule has 8 heteroatoms. The van der Waals surface area contributed by atoms with Gasteiger partial charge in [0, 0.05) is 4.08 Å². The van der Waals surface area contributed by atoms with Crippen molar-refractivity contribution >= 4 is 22.6 Å². The number of hydrogen-bond donors (Lipinski definition) is 0. The van der Waals surface area contributed by atoms with Crippen molar-refractivity contribution in [1.29, 1.82) is 0 Å². The van der Waals surface area contributed by atoms with Gasteiger partial charge in [-0.05, 0) is 22.6 Å². The van der Waals surface area contributed by atoms with Crippen LogP contribution in [0.3, 0.4) is 0 Å². The minimum Gasteiger partial charge on any atom is -0.204 e. The fourth-order valence-corrected chi connectivity index (χ4v) is 0.756. The van der Waals surface area contributed by atoms with E-state index >= 15 is 0 Å². The average molecular weight is 322 g/mol. The Hall–Kier alpha value is -0.0200. The summed E-state index contributed by atoms with van der Waals surface area (Å²) in [5.41, 5.74) is 0. The van der Waals surface area contributed by atoms with Crippen molar-refractivity contribution in [2.45, 2.75) is 18.3 Å². The monoisotopic (exact) mass is 322 g/mol. The van der Waals surface area contributed by atoms with Gasteiger partial charge in [0.1, 0.15) is 0 Å². The fraction of sp³-hybridized carbons (Fsp3) is 0.600. The van der Waals surface area contributed by atoms with Crippen molar-refractivity contribution in [2.75, 3.05) is 0 Å². The number of alkyl halides is 6. The first-order valence-electron chi connectivity index (χ1n) is 2.68. The summed E-state index contributed by atoms with van der Waals surface area (Å²) >= 11 is 0.907. The van der Waals surface area contributed by atoms with Gasteiger partial charge in [-0.3, -0.25) is 0 Å². The lowest BCUT2D eigenvalue weighted by molar-refractivity contribution is -0.252. The number of allylic oxidation sites excluding steroid dienone is 1. The highest BCUT2D eigenvalue weighted by atomic mass is 127. The molecule has 0 fully saturated rings. The Bertz CT molecular complexity index is 209. The third kappa shape index (κ3) is 2.26. The Morgan fingerprint density at radius 2 is 1.54 bits per heavy atom. The van der Waals surface area contributed by atoms with Crippen LogP contribution in [0.4, 0.5) is 30.7 Å². The van der Waals surface area contributed by atoms with Crippen LogP contribution in [0.2, 0.25) is 0 Å². The van der Waals surface area contributed by atoms with Gasteiger partial charge in [-0.2, -0.15) is 17.6 Å². The van der Waals surface area contributed by atoms with Gasteiger partial charge in [0.15, 0.2) is 5.83 Å². The van der Waals surface area contributed by atoms with Gasteiger partial charge < -0.3 is 0 Å². The summed E-state index contributed by atoms with van der Waals surface area (Å²) in [7, 11) is 0. The maximum absolute atomic E-state index is 12.2. The summed E-state index contributed by atoms with van der Waals surface area (Å²) in [4.78, 5) is 0. The van der Waals surface area contributed by atoms with Gasteiger partial charge in [-0.1, -0.05) is 0 Å². The summed E-state index contributed by atoms with van der Waals surface area (Å²) < 4.78 is 83.1. The highest BCUT2D eigenvalue weighted by molar-refractivity contribution is 14.1. The van der Waals surface area contributed by atoms with Gasteiger partial charge in [0.05, 0.1) is 0 Å². The van der Waals surface area contributed by atoms with Crippen molar-refractivity contribution in [3.63, 3.8) is 0 Å². The molecule has 0 atom stereocenters. The van der Waals surface area contributed by atoms with Gasteiger partial charge in [-0.15, -0.1) is 0 Å². The topological polar surface area (TPSA) is 0 Å². The van der Waals surface area contributed by atoms with Crippen LogP contribution in [0.5, 0.6) is 0 Å². The highest BCUT2D eigenvalue weighted by Gasteiger charge is 2.65. The van der Waals surface area contributed by atoms with Crippen LogP contribution < -0.4 is 0 Å². The Kier molecular flexibility index (Phi) is 4.00. The van der Waals surface area contributed by atoms with Crippen molar-refractivity contribution < 1.29 is 30.7 Å². The maximum atomic E-state index is 12.2. The lowest BCUT2D eigenvalue weighted by Crippen LogP contribution is -2.46. The van der Waals surface area contributed by atoms with E-state index in [1.807, 2.05) is 0 Å². The molecule has 0 aromatic carbocycles. The molecular weight excluding hydrogens is 320 g/mol. The summed E-state index contributed by atoms with van der Waals surface area (Å²) in [5, 5.41) is 0. The molecule has 0 N–H and O–H groups in total. The lowest BCUT2D eigenvalue weighted by Gasteiger charge is -2.23. The molecule has 0 aromatic heterocycles. The fourth-order valence-electron chi connectivity index (χ4n) is 0.365. The largest absolute Gasteiger partial charge is 0.375 e. The second-order valence-corrected chi connectivity index (χ2v) is 2.58. The standard InChI is InChI=1S/C5H2F7I/c6-2(1-13)4(9,10)5(11,12)3(7)8/h1,3H/b2-1-. The minimum absolute atomic E-state index is 0.0198. The summed E-state index contributed by atoms with van der Waals surface area (Å²) in [6, 6.07) is 0. The molecule has 0 spiro atoms. The van der Waals surface area contributed by atoms with Gasteiger partial charge >= 0.3 is 18.3 Å². The van der Waals surface area contributed by atoms with Crippen LogP contribution in [0.15, 0.2) is 9.91 Å². The molecule has 0 aromatic rings. The van der Waals surface area contributed by atoms with Crippen LogP contribution in [-0.4, -0.2) is 18.3 Å². The van der Waals surface area contributed by atoms with Crippen molar-refractivity contribution in [1.82, 2.24) is 0 Å². The summed E-state index contributed by atoms with van der Waals surface area (Å²) in [6.07, 6.45) is -4.62. The van der Waals surface area contributed by atoms with E-state index in [0.717, 1.165) is 22.6 Å². The molecule has 0 rings (SSSR count). The van der Waals surface area contributed by atoms with Gasteiger partial charge in [0.25, 0.3) is 0 Å². The molecule has 0 radical (unpaired) electrons. The van der Waals surface area contributed by atoms with Gasteiger partial charge in [0.2, 0.25) is 0 Å². The van der Waals surface area contributed by atoms with E-state index in [0.29, 0.717) is 0 Å². The predicted octanol–water partition coefficient (Wildman–Crippen LogP) is 3.77. The van der Waals surface area contributed by atoms with Crippen LogP contribution >= 0.6 is 22.6 Å². The third-order valence-corrected chi connectivity index (χ3v) is 1.64. The van der Waals surface area contributed by atoms with Crippen LogP contribution in [0.25, 0.3) is 0 Å². The molecule has 0 saturated heterocycles. The maximum Gasteiger partial charge on any atom is 0.375 e. The van der Waals surface area contributed by atoms with Crippen LogP contribution in [0, 0.1) is 0 Å². The minimum atomic E-state index is -5.70. The van der Waals surface area contributed by atoms with E-state index in [1.165, 1.54) is 0 Å². The SMILES string of the molecule is F/C(=C\I)C(F)(F)C(F)(F)C(F)F. The van der Waals surface area contributed by atoms with E-state index in [4.69, 9.17) is 0 Å². The van der Waals surface area contributed by atoms with E-state index < -0.39 is 24.1 Å². The smallest absolute Gasteiger partial charge is 0.204 e. The molecule has 0 unspecified atom stereocenters. The van der Waals surface area contributed by atoms with E-state index in [2.05, 4.69) is 0 Å². The summed E-state index contributed by atoms with van der Waals surface area (Å²) in [5.74, 6) is -13.8. The average Bonchev–Trinajstić information content (AvgIpc) is 2.02. The Morgan fingerprint density at radius 1 is 1.15 bits per heavy atom. The van der Waals surface area contributed by atoms with Crippen molar-refractivity contribution in [3.8, 4) is 0 Å². The molecule has 0 nitrogen and oxygen atoms in total. The summed E-state index contributed by atoms with van der Waals surface area (Å²) in [6.45, 7) is 0. The predicted molar refractivity (Wildman–Crippen MR) is 39.1 cm³/mol. The Labute approximate surface area is 81.9 Å². The molecule has 0 aliphatic carbocycles. The molecule has 13 heavy (non-hydrogen) atoms. The molecule has 0 aliphatic rings. The van der Waals surface area contributed by atoms with Gasteiger partial charge in [-0.25, -0.2) is 13.2 Å². The van der Waals surface area contributed by atoms with E-state index in [1.54, 1.807) is 0 Å². The second kappa shape index (κ2) is 4.01. The first-order valence-corrected chi connectivity index (χ1v) is 3.92. The van der Waals surface area contributed by atoms with Crippen LogP contribution in [0.1, 0.15) is 0 Å². The zero-order valence-corrected chi connectivity index (χ0v) is 7.84. The quantitative estimate of drug-likeness (QED) is 0.548. The van der Waals surface area contributed by atoms with Crippen molar-refractivity contribution in [3.05, 3.63) is 9.91 Å². The molecule has 0 saturated carbocycles. The highest BCUT2D eigenvalue weighted by Crippen LogP contribution is 2.44. The van der Waals surface area contributed by atoms with E-state index in [9.17, 15) is 30.7 Å². The van der Waals surface area contributed by atoms with E-state index in [-0.39, 0.29) is 4.08 Å². The molecule has 0 bridgehead atoms. The molecule has 0 aliphatic heterocycles. The number of hydrogen-bond acceptors (Lipinski definition) is 0. The second-order valence-electron chi connectivity index (χ2n) is 1.96. The molecular formula is C5H2F7I. The van der Waals surface area contributed by atoms with Crippen molar-refractivity contribution in [2.24, 2.45) is 0 Å². The Balaban J connectivity index is 5.03.